The maximum atomic E-state index is 11.9. The minimum absolute atomic E-state index is 0.253. The van der Waals surface area contributed by atoms with E-state index < -0.39 is 5.50 Å². The predicted octanol–water partition coefficient (Wildman–Crippen LogP) is 0.995. The summed E-state index contributed by atoms with van der Waals surface area (Å²) in [5.41, 5.74) is -0.482. The van der Waals surface area contributed by atoms with Crippen LogP contribution in [0.5, 0.6) is 0 Å². The molecule has 1 rings (SSSR count). The highest BCUT2D eigenvalue weighted by Crippen LogP contribution is 2.26. The standard InChI is InChI=1S/C10H19N5O2S/c1-6-7-12-15(10(17)14(4)5)9(18-7)11-8(16)13(2)3/h9H,6H2,1-5H3,(H,11,16). The SMILES string of the molecule is CCC1=NN(C(=O)N(C)C)C(NC(=O)N(C)C)S1. The lowest BCUT2D eigenvalue weighted by atomic mass is 10.5. The maximum absolute atomic E-state index is 11.9. The second kappa shape index (κ2) is 5.94. The molecule has 0 bridgehead atoms. The third-order valence-corrected chi connectivity index (χ3v) is 3.41. The summed E-state index contributed by atoms with van der Waals surface area (Å²) in [6.07, 6.45) is 0.732. The van der Waals surface area contributed by atoms with Gasteiger partial charge in [0.1, 0.15) is 0 Å². The normalized spacial score (nSPS) is 18.4. The molecule has 1 N–H and O–H groups in total. The average molecular weight is 273 g/mol. The lowest BCUT2D eigenvalue weighted by Gasteiger charge is -2.25. The molecule has 1 heterocycles. The van der Waals surface area contributed by atoms with Gasteiger partial charge in [0.2, 0.25) is 0 Å². The van der Waals surface area contributed by atoms with Crippen molar-refractivity contribution in [3.63, 3.8) is 0 Å². The largest absolute Gasteiger partial charge is 0.342 e. The molecule has 0 aliphatic carbocycles. The summed E-state index contributed by atoms with van der Waals surface area (Å²) in [6, 6.07) is -0.508. The highest BCUT2D eigenvalue weighted by Gasteiger charge is 2.33. The zero-order valence-electron chi connectivity index (χ0n) is 11.3. The smallest absolute Gasteiger partial charge is 0.331 e. The van der Waals surface area contributed by atoms with Crippen molar-refractivity contribution in [2.75, 3.05) is 28.2 Å². The molecule has 0 saturated heterocycles. The quantitative estimate of drug-likeness (QED) is 0.816. The number of hydrogen-bond acceptors (Lipinski definition) is 4. The summed E-state index contributed by atoms with van der Waals surface area (Å²) < 4.78 is 0. The van der Waals surface area contributed by atoms with Gasteiger partial charge in [0.25, 0.3) is 0 Å². The number of urea groups is 2. The maximum Gasteiger partial charge on any atom is 0.342 e. The number of carbonyl (C=O) groups is 2. The van der Waals surface area contributed by atoms with Gasteiger partial charge in [-0.1, -0.05) is 18.7 Å². The van der Waals surface area contributed by atoms with Crippen LogP contribution in [0.4, 0.5) is 9.59 Å². The van der Waals surface area contributed by atoms with Gasteiger partial charge in [-0.2, -0.15) is 10.1 Å². The molecule has 0 fully saturated rings. The Labute approximate surface area is 111 Å². The monoisotopic (exact) mass is 273 g/mol. The Morgan fingerprint density at radius 1 is 1.33 bits per heavy atom. The fraction of sp³-hybridized carbons (Fsp3) is 0.700. The van der Waals surface area contributed by atoms with Gasteiger partial charge in [-0.3, -0.25) is 0 Å². The van der Waals surface area contributed by atoms with Crippen LogP contribution in [-0.2, 0) is 0 Å². The number of nitrogens with zero attached hydrogens (tertiary/aromatic N) is 4. The van der Waals surface area contributed by atoms with Crippen molar-refractivity contribution in [1.29, 1.82) is 0 Å². The molecule has 0 aromatic heterocycles. The number of rotatable bonds is 2. The summed E-state index contributed by atoms with van der Waals surface area (Å²) in [5, 5.41) is 9.08. The summed E-state index contributed by atoms with van der Waals surface area (Å²) in [4.78, 5) is 26.4. The molecule has 1 unspecified atom stereocenters. The molecule has 0 aromatic carbocycles. The first-order valence-electron chi connectivity index (χ1n) is 5.59. The third kappa shape index (κ3) is 3.28. The number of hydrazone groups is 1. The molecule has 8 heteroatoms. The average Bonchev–Trinajstić information content (AvgIpc) is 2.70. The summed E-state index contributed by atoms with van der Waals surface area (Å²) >= 11 is 1.38. The van der Waals surface area contributed by atoms with Crippen LogP contribution >= 0.6 is 11.8 Å². The molecule has 4 amide bonds. The first-order chi connectivity index (χ1) is 8.36. The second-order valence-corrected chi connectivity index (χ2v) is 5.34. The van der Waals surface area contributed by atoms with E-state index in [9.17, 15) is 9.59 Å². The Hall–Kier alpha value is -1.44. The van der Waals surface area contributed by atoms with Crippen molar-refractivity contribution in [1.82, 2.24) is 20.1 Å². The summed E-state index contributed by atoms with van der Waals surface area (Å²) in [7, 11) is 6.60. The molecular weight excluding hydrogens is 254 g/mol. The van der Waals surface area contributed by atoms with E-state index in [0.717, 1.165) is 11.5 Å². The van der Waals surface area contributed by atoms with Crippen LogP contribution in [-0.4, -0.2) is 65.6 Å². The van der Waals surface area contributed by atoms with Gasteiger partial charge in [-0.05, 0) is 6.42 Å². The molecule has 1 aliphatic rings. The lowest BCUT2D eigenvalue weighted by Crippen LogP contribution is -2.49. The van der Waals surface area contributed by atoms with Crippen LogP contribution in [0.25, 0.3) is 0 Å². The predicted molar refractivity (Wildman–Crippen MR) is 72.2 cm³/mol. The molecule has 1 aliphatic heterocycles. The van der Waals surface area contributed by atoms with Crippen molar-refractivity contribution in [2.24, 2.45) is 5.10 Å². The van der Waals surface area contributed by atoms with Crippen molar-refractivity contribution in [3.05, 3.63) is 0 Å². The van der Waals surface area contributed by atoms with E-state index in [1.54, 1.807) is 28.2 Å². The van der Waals surface area contributed by atoms with Crippen LogP contribution < -0.4 is 5.32 Å². The molecular formula is C10H19N5O2S. The van der Waals surface area contributed by atoms with Gasteiger partial charge in [0, 0.05) is 28.2 Å². The van der Waals surface area contributed by atoms with E-state index in [2.05, 4.69) is 10.4 Å². The highest BCUT2D eigenvalue weighted by molar-refractivity contribution is 8.14. The van der Waals surface area contributed by atoms with Gasteiger partial charge in [0.15, 0.2) is 5.50 Å². The van der Waals surface area contributed by atoms with Crippen LogP contribution in [0.3, 0.4) is 0 Å². The molecule has 7 nitrogen and oxygen atoms in total. The van der Waals surface area contributed by atoms with Gasteiger partial charge >= 0.3 is 12.1 Å². The zero-order valence-corrected chi connectivity index (χ0v) is 12.1. The number of amides is 4. The van der Waals surface area contributed by atoms with Crippen LogP contribution in [0.1, 0.15) is 13.3 Å². The molecule has 1 atom stereocenters. The van der Waals surface area contributed by atoms with Crippen molar-refractivity contribution in [3.8, 4) is 0 Å². The number of carbonyl (C=O) groups excluding carboxylic acids is 2. The highest BCUT2D eigenvalue weighted by atomic mass is 32.2. The van der Waals surface area contributed by atoms with Crippen molar-refractivity contribution < 1.29 is 9.59 Å². The summed E-state index contributed by atoms with van der Waals surface area (Å²) in [6.45, 7) is 1.96. The van der Waals surface area contributed by atoms with Crippen LogP contribution in [0.15, 0.2) is 5.10 Å². The number of thioether (sulfide) groups is 1. The first-order valence-corrected chi connectivity index (χ1v) is 6.47. The molecule has 0 radical (unpaired) electrons. The van der Waals surface area contributed by atoms with E-state index in [1.165, 1.54) is 26.6 Å². The van der Waals surface area contributed by atoms with E-state index >= 15 is 0 Å². The third-order valence-electron chi connectivity index (χ3n) is 2.22. The van der Waals surface area contributed by atoms with E-state index in [-0.39, 0.29) is 12.1 Å². The van der Waals surface area contributed by atoms with Gasteiger partial charge in [0.05, 0.1) is 5.04 Å². The Morgan fingerprint density at radius 3 is 2.39 bits per heavy atom. The van der Waals surface area contributed by atoms with Crippen molar-refractivity contribution in [2.45, 2.75) is 18.8 Å². The number of hydrogen-bond donors (Lipinski definition) is 1. The molecule has 0 aromatic rings. The molecule has 0 spiro atoms. The van der Waals surface area contributed by atoms with Crippen LogP contribution in [0, 0.1) is 0 Å². The molecule has 18 heavy (non-hydrogen) atoms. The lowest BCUT2D eigenvalue weighted by molar-refractivity contribution is 0.161. The fourth-order valence-electron chi connectivity index (χ4n) is 1.20. The van der Waals surface area contributed by atoms with Gasteiger partial charge in [-0.25, -0.2) is 9.59 Å². The Kier molecular flexibility index (Phi) is 4.83. The minimum Gasteiger partial charge on any atom is -0.331 e. The Morgan fingerprint density at radius 2 is 1.94 bits per heavy atom. The Bertz CT molecular complexity index is 369. The topological polar surface area (TPSA) is 68.2 Å². The zero-order chi connectivity index (χ0) is 13.9. The number of nitrogens with one attached hydrogen (secondary N) is 1. The minimum atomic E-state index is -0.482. The first kappa shape index (κ1) is 14.6. The molecule has 0 saturated carbocycles. The molecule has 102 valence electrons. The fourth-order valence-corrected chi connectivity index (χ4v) is 2.16. The second-order valence-electron chi connectivity index (χ2n) is 4.18. The van der Waals surface area contributed by atoms with E-state index in [0.29, 0.717) is 0 Å². The van der Waals surface area contributed by atoms with Crippen molar-refractivity contribution >= 4 is 28.9 Å². The van der Waals surface area contributed by atoms with Gasteiger partial charge < -0.3 is 15.1 Å². The van der Waals surface area contributed by atoms with Crippen LogP contribution in [0.2, 0.25) is 0 Å². The van der Waals surface area contributed by atoms with E-state index in [4.69, 9.17) is 0 Å². The van der Waals surface area contributed by atoms with E-state index in [1.807, 2.05) is 6.92 Å². The summed E-state index contributed by atoms with van der Waals surface area (Å²) in [5.74, 6) is 0. The van der Waals surface area contributed by atoms with Gasteiger partial charge in [-0.15, -0.1) is 0 Å². The Balaban J connectivity index is 2.78.